The third-order valence-electron chi connectivity index (χ3n) is 6.21. The van der Waals surface area contributed by atoms with Gasteiger partial charge < -0.3 is 15.4 Å². The maximum atomic E-state index is 14.9. The zero-order chi connectivity index (χ0) is 23.8. The minimum Gasteiger partial charge on any atom is -0.377 e. The van der Waals surface area contributed by atoms with Crippen molar-refractivity contribution >= 4 is 22.9 Å². The number of carbonyl (C=O) groups excluding carboxylic acids is 1. The highest BCUT2D eigenvalue weighted by Gasteiger charge is 2.25. The van der Waals surface area contributed by atoms with Gasteiger partial charge in [0.2, 0.25) is 0 Å². The Bertz CT molecular complexity index is 1420. The third kappa shape index (κ3) is 4.40. The van der Waals surface area contributed by atoms with Crippen LogP contribution in [-0.2, 0) is 11.3 Å². The number of nitrogens with one attached hydrogen (secondary N) is 3. The van der Waals surface area contributed by atoms with E-state index >= 15 is 0 Å². The molecule has 0 saturated heterocycles. The first-order valence-corrected chi connectivity index (χ1v) is 11.6. The first-order chi connectivity index (χ1) is 17.2. The lowest BCUT2D eigenvalue weighted by atomic mass is 10.1. The number of aromatic amines is 1. The fraction of sp³-hybridized carbons (Fsp3) is 0.280. The number of halogens is 1. The summed E-state index contributed by atoms with van der Waals surface area (Å²) >= 11 is 0. The molecule has 9 nitrogen and oxygen atoms in total. The van der Waals surface area contributed by atoms with Crippen molar-refractivity contribution in [1.29, 1.82) is 0 Å². The zero-order valence-corrected chi connectivity index (χ0v) is 18.9. The molecule has 1 aliphatic carbocycles. The summed E-state index contributed by atoms with van der Waals surface area (Å²) in [4.78, 5) is 21.8. The van der Waals surface area contributed by atoms with Crippen molar-refractivity contribution in [2.45, 2.75) is 31.8 Å². The highest BCUT2D eigenvalue weighted by Crippen LogP contribution is 2.29. The number of ether oxygens (including phenoxy) is 1. The molecule has 0 atom stereocenters. The van der Waals surface area contributed by atoms with Gasteiger partial charge in [-0.1, -0.05) is 12.1 Å². The van der Waals surface area contributed by atoms with E-state index in [0.717, 1.165) is 36.2 Å². The second-order valence-corrected chi connectivity index (χ2v) is 8.74. The number of aromatic nitrogens is 5. The molecular formula is C25H24FN7O2. The number of hydrogen-bond acceptors (Lipinski definition) is 6. The van der Waals surface area contributed by atoms with Crippen LogP contribution in [0.3, 0.4) is 0 Å². The molecule has 0 bridgehead atoms. The zero-order valence-electron chi connectivity index (χ0n) is 18.9. The Hall–Kier alpha value is -4.05. The molecule has 35 heavy (non-hydrogen) atoms. The molecule has 1 amide bonds. The monoisotopic (exact) mass is 473 g/mol. The van der Waals surface area contributed by atoms with Crippen LogP contribution >= 0.6 is 0 Å². The number of benzene rings is 1. The van der Waals surface area contributed by atoms with Gasteiger partial charge in [-0.15, -0.1) is 0 Å². The van der Waals surface area contributed by atoms with E-state index in [-0.39, 0.29) is 17.5 Å². The lowest BCUT2D eigenvalue weighted by Gasteiger charge is -2.16. The molecule has 10 heteroatoms. The number of anilines is 1. The predicted octanol–water partition coefficient (Wildman–Crippen LogP) is 3.57. The second kappa shape index (κ2) is 8.95. The Morgan fingerprint density at radius 2 is 2.20 bits per heavy atom. The van der Waals surface area contributed by atoms with Gasteiger partial charge in [0.15, 0.2) is 11.5 Å². The summed E-state index contributed by atoms with van der Waals surface area (Å²) in [5.74, 6) is -0.329. The summed E-state index contributed by atoms with van der Waals surface area (Å²) in [6.45, 7) is 1.67. The molecule has 0 unspecified atom stereocenters. The molecule has 3 aromatic heterocycles. The van der Waals surface area contributed by atoms with Gasteiger partial charge in [-0.2, -0.15) is 5.10 Å². The maximum absolute atomic E-state index is 14.9. The van der Waals surface area contributed by atoms with Crippen molar-refractivity contribution in [2.75, 3.05) is 18.5 Å². The van der Waals surface area contributed by atoms with Gasteiger partial charge in [-0.3, -0.25) is 14.3 Å². The standard InChI is InChI=1S/C25H24FN7O2/c26-20-11-16(1-4-19(20)25(34)30-17-2-3-17)22-13-28-24-23(27-12-18-5-8-29-32-18)31-21(14-33(22)24)15-6-9-35-10-7-15/h1,4-6,8,11,13-14,17H,2-3,7,9-10,12H2,(H,27,31)(H,29,32)(H,30,34). The number of H-pyrrole nitrogens is 1. The largest absolute Gasteiger partial charge is 0.377 e. The highest BCUT2D eigenvalue weighted by molar-refractivity contribution is 5.95. The first kappa shape index (κ1) is 21.5. The Labute approximate surface area is 200 Å². The van der Waals surface area contributed by atoms with E-state index in [1.54, 1.807) is 18.5 Å². The predicted molar refractivity (Wildman–Crippen MR) is 128 cm³/mol. The molecule has 6 rings (SSSR count). The smallest absolute Gasteiger partial charge is 0.254 e. The van der Waals surface area contributed by atoms with E-state index in [9.17, 15) is 9.18 Å². The number of rotatable bonds is 7. The molecule has 1 fully saturated rings. The maximum Gasteiger partial charge on any atom is 0.254 e. The van der Waals surface area contributed by atoms with Crippen molar-refractivity contribution in [3.05, 3.63) is 71.7 Å². The molecule has 3 N–H and O–H groups in total. The minimum atomic E-state index is -0.561. The van der Waals surface area contributed by atoms with Crippen molar-refractivity contribution in [1.82, 2.24) is 29.9 Å². The Balaban J connectivity index is 1.39. The Kier molecular flexibility index (Phi) is 5.49. The van der Waals surface area contributed by atoms with Crippen LogP contribution in [0.1, 0.15) is 41.0 Å². The first-order valence-electron chi connectivity index (χ1n) is 11.6. The molecule has 0 spiro atoms. The molecular weight excluding hydrogens is 449 g/mol. The summed E-state index contributed by atoms with van der Waals surface area (Å²) < 4.78 is 22.3. The highest BCUT2D eigenvalue weighted by atomic mass is 19.1. The van der Waals surface area contributed by atoms with Gasteiger partial charge >= 0.3 is 0 Å². The Morgan fingerprint density at radius 1 is 1.29 bits per heavy atom. The van der Waals surface area contributed by atoms with Crippen LogP contribution in [0.2, 0.25) is 0 Å². The van der Waals surface area contributed by atoms with Crippen LogP contribution in [0.25, 0.3) is 22.5 Å². The number of imidazole rings is 1. The van der Waals surface area contributed by atoms with E-state index in [0.29, 0.717) is 42.5 Å². The van der Waals surface area contributed by atoms with E-state index in [1.807, 2.05) is 22.7 Å². The third-order valence-corrected chi connectivity index (χ3v) is 6.21. The molecule has 4 heterocycles. The van der Waals surface area contributed by atoms with Gasteiger partial charge in [0.25, 0.3) is 5.91 Å². The fourth-order valence-electron chi connectivity index (χ4n) is 4.15. The fourth-order valence-corrected chi connectivity index (χ4v) is 4.15. The molecule has 178 valence electrons. The molecule has 2 aliphatic rings. The number of amides is 1. The van der Waals surface area contributed by atoms with Gasteiger partial charge in [-0.25, -0.2) is 14.4 Å². The average Bonchev–Trinajstić information content (AvgIpc) is 3.35. The van der Waals surface area contributed by atoms with Crippen LogP contribution in [0.4, 0.5) is 10.2 Å². The van der Waals surface area contributed by atoms with E-state index < -0.39 is 5.82 Å². The number of carbonyl (C=O) groups is 1. The number of fused-ring (bicyclic) bond motifs is 1. The molecule has 0 radical (unpaired) electrons. The van der Waals surface area contributed by atoms with Crippen LogP contribution in [0.15, 0.2) is 48.9 Å². The van der Waals surface area contributed by atoms with Crippen molar-refractivity contribution < 1.29 is 13.9 Å². The topological polar surface area (TPSA) is 109 Å². The van der Waals surface area contributed by atoms with E-state index in [4.69, 9.17) is 9.72 Å². The quantitative estimate of drug-likeness (QED) is 0.379. The molecule has 1 aliphatic heterocycles. The summed E-state index contributed by atoms with van der Waals surface area (Å²) in [6.07, 6.45) is 9.98. The minimum absolute atomic E-state index is 0.0473. The number of hydrogen-bond donors (Lipinski definition) is 3. The summed E-state index contributed by atoms with van der Waals surface area (Å²) in [5.41, 5.74) is 4.78. The van der Waals surface area contributed by atoms with Crippen LogP contribution in [0.5, 0.6) is 0 Å². The van der Waals surface area contributed by atoms with Gasteiger partial charge in [0.05, 0.1) is 48.6 Å². The van der Waals surface area contributed by atoms with E-state index in [2.05, 4.69) is 25.8 Å². The molecule has 4 aromatic rings. The molecule has 1 aromatic carbocycles. The lowest BCUT2D eigenvalue weighted by molar-refractivity contribution is 0.0947. The summed E-state index contributed by atoms with van der Waals surface area (Å²) in [6, 6.07) is 6.72. The van der Waals surface area contributed by atoms with Gasteiger partial charge in [0, 0.05) is 24.0 Å². The van der Waals surface area contributed by atoms with Crippen LogP contribution < -0.4 is 10.6 Å². The Morgan fingerprint density at radius 3 is 2.94 bits per heavy atom. The van der Waals surface area contributed by atoms with E-state index in [1.165, 1.54) is 12.1 Å². The second-order valence-electron chi connectivity index (χ2n) is 8.74. The number of nitrogens with zero attached hydrogens (tertiary/aromatic N) is 4. The molecule has 1 saturated carbocycles. The summed E-state index contributed by atoms with van der Waals surface area (Å²) in [5, 5.41) is 13.1. The van der Waals surface area contributed by atoms with Crippen molar-refractivity contribution in [3.8, 4) is 11.3 Å². The van der Waals surface area contributed by atoms with Crippen LogP contribution in [0, 0.1) is 5.82 Å². The van der Waals surface area contributed by atoms with Crippen molar-refractivity contribution in [3.63, 3.8) is 0 Å². The van der Waals surface area contributed by atoms with Gasteiger partial charge in [-0.05, 0) is 43.0 Å². The average molecular weight is 474 g/mol. The van der Waals surface area contributed by atoms with Crippen LogP contribution in [-0.4, -0.2) is 49.7 Å². The summed E-state index contributed by atoms with van der Waals surface area (Å²) in [7, 11) is 0. The normalized spacial score (nSPS) is 15.7. The SMILES string of the molecule is O=C(NC1CC1)c1ccc(-c2cnc3c(NCc4ccn[nH]4)nc(C4=CCOCC4)cn23)cc1F. The van der Waals surface area contributed by atoms with Crippen molar-refractivity contribution in [2.24, 2.45) is 0 Å². The lowest BCUT2D eigenvalue weighted by Crippen LogP contribution is -2.26. The van der Waals surface area contributed by atoms with Gasteiger partial charge in [0.1, 0.15) is 5.82 Å².